The summed E-state index contributed by atoms with van der Waals surface area (Å²) in [6, 6.07) is 27.3. The molecule has 1 aromatic heterocycles. The zero-order valence-corrected chi connectivity index (χ0v) is 15.8. The van der Waals surface area contributed by atoms with Gasteiger partial charge in [-0.1, -0.05) is 60.7 Å². The molecule has 1 amide bonds. The van der Waals surface area contributed by atoms with E-state index in [2.05, 4.69) is 10.4 Å². The minimum atomic E-state index is -0.335. The van der Waals surface area contributed by atoms with Crippen LogP contribution in [-0.2, 0) is 6.42 Å². The Morgan fingerprint density at radius 2 is 1.55 bits per heavy atom. The van der Waals surface area contributed by atoms with Gasteiger partial charge in [0.05, 0.1) is 11.4 Å². The molecule has 4 rings (SSSR count). The molecule has 0 spiro atoms. The maximum Gasteiger partial charge on any atom is 0.270 e. The van der Waals surface area contributed by atoms with E-state index in [9.17, 15) is 9.18 Å². The van der Waals surface area contributed by atoms with E-state index in [4.69, 9.17) is 0 Å². The fourth-order valence-electron chi connectivity index (χ4n) is 3.13. The number of halogens is 1. The monoisotopic (exact) mass is 385 g/mol. The number of benzene rings is 3. The van der Waals surface area contributed by atoms with Gasteiger partial charge in [-0.05, 0) is 42.3 Å². The van der Waals surface area contributed by atoms with E-state index in [-0.39, 0.29) is 11.7 Å². The number of hydrogen-bond acceptors (Lipinski definition) is 2. The molecule has 0 atom stereocenters. The molecule has 4 aromatic rings. The molecular weight excluding hydrogens is 365 g/mol. The van der Waals surface area contributed by atoms with Crippen LogP contribution in [0.2, 0.25) is 0 Å². The summed E-state index contributed by atoms with van der Waals surface area (Å²) in [5, 5.41) is 7.56. The van der Waals surface area contributed by atoms with E-state index < -0.39 is 0 Å². The van der Waals surface area contributed by atoms with Crippen molar-refractivity contribution >= 4 is 5.91 Å². The van der Waals surface area contributed by atoms with Crippen molar-refractivity contribution in [3.63, 3.8) is 0 Å². The summed E-state index contributed by atoms with van der Waals surface area (Å²) in [5.41, 5.74) is 3.78. The van der Waals surface area contributed by atoms with Gasteiger partial charge in [-0.25, -0.2) is 9.07 Å². The van der Waals surface area contributed by atoms with E-state index in [1.54, 1.807) is 22.9 Å². The van der Waals surface area contributed by atoms with Gasteiger partial charge in [0.25, 0.3) is 5.91 Å². The normalized spacial score (nSPS) is 10.7. The van der Waals surface area contributed by atoms with Gasteiger partial charge in [-0.2, -0.15) is 5.10 Å². The lowest BCUT2D eigenvalue weighted by atomic mass is 10.1. The first-order chi connectivity index (χ1) is 14.2. The van der Waals surface area contributed by atoms with Crippen molar-refractivity contribution in [1.29, 1.82) is 0 Å². The van der Waals surface area contributed by atoms with Crippen LogP contribution in [0.15, 0.2) is 91.0 Å². The van der Waals surface area contributed by atoms with Crippen LogP contribution in [0.1, 0.15) is 16.1 Å². The van der Waals surface area contributed by atoms with E-state index >= 15 is 0 Å². The second kappa shape index (κ2) is 8.52. The van der Waals surface area contributed by atoms with Crippen LogP contribution in [0.3, 0.4) is 0 Å². The summed E-state index contributed by atoms with van der Waals surface area (Å²) < 4.78 is 14.9. The van der Waals surface area contributed by atoms with E-state index in [1.807, 2.05) is 60.7 Å². The predicted octanol–water partition coefficient (Wildman–Crippen LogP) is 4.65. The Kier molecular flexibility index (Phi) is 5.47. The molecule has 3 aromatic carbocycles. The summed E-state index contributed by atoms with van der Waals surface area (Å²) in [6.07, 6.45) is 0.739. The third-order valence-corrected chi connectivity index (χ3v) is 4.62. The van der Waals surface area contributed by atoms with Crippen LogP contribution < -0.4 is 5.32 Å². The maximum absolute atomic E-state index is 13.4. The Morgan fingerprint density at radius 1 is 0.897 bits per heavy atom. The minimum Gasteiger partial charge on any atom is -0.350 e. The van der Waals surface area contributed by atoms with Gasteiger partial charge in [0, 0.05) is 12.1 Å². The van der Waals surface area contributed by atoms with Crippen LogP contribution in [0, 0.1) is 5.82 Å². The number of amides is 1. The van der Waals surface area contributed by atoms with Crippen molar-refractivity contribution < 1.29 is 9.18 Å². The van der Waals surface area contributed by atoms with Gasteiger partial charge in [0.2, 0.25) is 0 Å². The second-order valence-electron chi connectivity index (χ2n) is 6.66. The third kappa shape index (κ3) is 4.41. The van der Waals surface area contributed by atoms with E-state index in [0.717, 1.165) is 17.5 Å². The number of aromatic nitrogens is 2. The highest BCUT2D eigenvalue weighted by molar-refractivity contribution is 5.94. The number of hydrogen-bond donors (Lipinski definition) is 1. The summed E-state index contributed by atoms with van der Waals surface area (Å²) in [4.78, 5) is 12.9. The first-order valence-corrected chi connectivity index (χ1v) is 9.44. The van der Waals surface area contributed by atoms with Gasteiger partial charge in [-0.3, -0.25) is 4.79 Å². The Bertz CT molecular complexity index is 1090. The summed E-state index contributed by atoms with van der Waals surface area (Å²) in [6.45, 7) is 0.512. The molecule has 0 radical (unpaired) electrons. The fourth-order valence-corrected chi connectivity index (χ4v) is 3.13. The largest absolute Gasteiger partial charge is 0.350 e. The molecule has 0 saturated carbocycles. The van der Waals surface area contributed by atoms with Crippen LogP contribution in [0.5, 0.6) is 0 Å². The first-order valence-electron chi connectivity index (χ1n) is 9.44. The lowest BCUT2D eigenvalue weighted by Crippen LogP contribution is -2.27. The molecular formula is C24H20FN3O. The lowest BCUT2D eigenvalue weighted by molar-refractivity contribution is 0.0946. The van der Waals surface area contributed by atoms with Crippen molar-refractivity contribution in [2.45, 2.75) is 6.42 Å². The van der Waals surface area contributed by atoms with Gasteiger partial charge in [0.15, 0.2) is 0 Å². The Hall–Kier alpha value is -3.73. The molecule has 0 unspecified atom stereocenters. The molecule has 0 aliphatic rings. The van der Waals surface area contributed by atoms with Gasteiger partial charge < -0.3 is 5.32 Å². The number of nitrogens with zero attached hydrogens (tertiary/aromatic N) is 2. The summed E-state index contributed by atoms with van der Waals surface area (Å²) >= 11 is 0. The number of nitrogens with one attached hydrogen (secondary N) is 1. The molecule has 0 aliphatic heterocycles. The van der Waals surface area contributed by atoms with Gasteiger partial charge >= 0.3 is 0 Å². The van der Waals surface area contributed by atoms with Crippen LogP contribution >= 0.6 is 0 Å². The second-order valence-corrected chi connectivity index (χ2v) is 6.66. The maximum atomic E-state index is 13.4. The Balaban J connectivity index is 1.60. The molecule has 29 heavy (non-hydrogen) atoms. The first kappa shape index (κ1) is 18.6. The van der Waals surface area contributed by atoms with Crippen LogP contribution in [-0.4, -0.2) is 22.2 Å². The van der Waals surface area contributed by atoms with Crippen LogP contribution in [0.25, 0.3) is 16.9 Å². The van der Waals surface area contributed by atoms with E-state index in [1.165, 1.54) is 12.1 Å². The van der Waals surface area contributed by atoms with Crippen molar-refractivity contribution in [3.8, 4) is 16.9 Å². The number of carbonyl (C=O) groups is 1. The number of rotatable bonds is 6. The molecule has 5 heteroatoms. The van der Waals surface area contributed by atoms with Gasteiger partial charge in [-0.15, -0.1) is 0 Å². The molecule has 1 heterocycles. The van der Waals surface area contributed by atoms with Crippen molar-refractivity contribution in [1.82, 2.24) is 15.1 Å². The standard InChI is InChI=1S/C24H20FN3O/c25-20-11-13-21(14-12-20)28-23(17-22(27-28)19-9-5-2-6-10-19)24(29)26-16-15-18-7-3-1-4-8-18/h1-14,17H,15-16H2,(H,26,29). The summed E-state index contributed by atoms with van der Waals surface area (Å²) in [7, 11) is 0. The smallest absolute Gasteiger partial charge is 0.270 e. The lowest BCUT2D eigenvalue weighted by Gasteiger charge is -2.08. The third-order valence-electron chi connectivity index (χ3n) is 4.62. The summed E-state index contributed by atoms with van der Waals surface area (Å²) in [5.74, 6) is -0.557. The predicted molar refractivity (Wildman–Crippen MR) is 111 cm³/mol. The van der Waals surface area contributed by atoms with Gasteiger partial charge in [0.1, 0.15) is 11.5 Å². The zero-order valence-electron chi connectivity index (χ0n) is 15.8. The minimum absolute atomic E-state index is 0.222. The molecule has 4 nitrogen and oxygen atoms in total. The molecule has 0 fully saturated rings. The quantitative estimate of drug-likeness (QED) is 0.525. The highest BCUT2D eigenvalue weighted by Gasteiger charge is 2.17. The zero-order chi connectivity index (χ0) is 20.1. The highest BCUT2D eigenvalue weighted by atomic mass is 19.1. The van der Waals surface area contributed by atoms with Crippen molar-refractivity contribution in [2.75, 3.05) is 6.54 Å². The molecule has 144 valence electrons. The molecule has 0 saturated heterocycles. The average Bonchev–Trinajstić information content (AvgIpc) is 3.21. The number of carbonyl (C=O) groups excluding carboxylic acids is 1. The molecule has 1 N–H and O–H groups in total. The van der Waals surface area contributed by atoms with Crippen molar-refractivity contribution in [3.05, 3.63) is 108 Å². The molecule has 0 aliphatic carbocycles. The SMILES string of the molecule is O=C(NCCc1ccccc1)c1cc(-c2ccccc2)nn1-c1ccc(F)cc1. The Morgan fingerprint density at radius 3 is 2.24 bits per heavy atom. The topological polar surface area (TPSA) is 46.9 Å². The van der Waals surface area contributed by atoms with Crippen LogP contribution in [0.4, 0.5) is 4.39 Å². The average molecular weight is 385 g/mol. The molecule has 0 bridgehead atoms. The fraction of sp³-hybridized carbons (Fsp3) is 0.0833. The van der Waals surface area contributed by atoms with E-state index in [0.29, 0.717) is 23.6 Å². The van der Waals surface area contributed by atoms with Crippen molar-refractivity contribution in [2.24, 2.45) is 0 Å². The Labute approximate surface area is 168 Å². The highest BCUT2D eigenvalue weighted by Crippen LogP contribution is 2.22.